The number of carbonyl (C=O) groups is 1. The van der Waals surface area contributed by atoms with Crippen LogP contribution in [0.4, 0.5) is 0 Å². The molecule has 0 spiro atoms. The van der Waals surface area contributed by atoms with E-state index in [0.717, 1.165) is 30.0 Å². The second kappa shape index (κ2) is 6.40. The molecule has 104 valence electrons. The first-order valence-corrected chi connectivity index (χ1v) is 7.16. The molecule has 2 rings (SSSR count). The Morgan fingerprint density at radius 1 is 1.42 bits per heavy atom. The second-order valence-electron chi connectivity index (χ2n) is 5.08. The Morgan fingerprint density at radius 2 is 2.16 bits per heavy atom. The third kappa shape index (κ3) is 3.48. The van der Waals surface area contributed by atoms with Crippen molar-refractivity contribution in [1.82, 2.24) is 5.32 Å². The van der Waals surface area contributed by atoms with Gasteiger partial charge in [0.05, 0.1) is 12.0 Å². The summed E-state index contributed by atoms with van der Waals surface area (Å²) < 4.78 is 5.28. The third-order valence-corrected chi connectivity index (χ3v) is 3.89. The quantitative estimate of drug-likeness (QED) is 0.863. The molecule has 1 N–H and O–H groups in total. The minimum atomic E-state index is -0.428. The summed E-state index contributed by atoms with van der Waals surface area (Å²) >= 11 is 5.90. The van der Waals surface area contributed by atoms with E-state index >= 15 is 0 Å². The number of rotatable bonds is 4. The average molecular weight is 282 g/mol. The van der Waals surface area contributed by atoms with Crippen molar-refractivity contribution in [3.05, 3.63) is 34.9 Å². The lowest BCUT2D eigenvalue weighted by atomic mass is 9.76. The minimum absolute atomic E-state index is 0.0860. The zero-order valence-corrected chi connectivity index (χ0v) is 12.0. The van der Waals surface area contributed by atoms with E-state index in [2.05, 4.69) is 5.32 Å². The van der Waals surface area contributed by atoms with Crippen molar-refractivity contribution in [3.63, 3.8) is 0 Å². The first-order valence-electron chi connectivity index (χ1n) is 6.79. The van der Waals surface area contributed by atoms with Gasteiger partial charge in [-0.2, -0.15) is 0 Å². The summed E-state index contributed by atoms with van der Waals surface area (Å²) in [5.41, 5.74) is 0.698. The first kappa shape index (κ1) is 14.4. The van der Waals surface area contributed by atoms with Gasteiger partial charge in [-0.15, -0.1) is 0 Å². The van der Waals surface area contributed by atoms with Gasteiger partial charge >= 0.3 is 5.97 Å². The number of benzene rings is 1. The molecule has 0 aromatic heterocycles. The Bertz CT molecular complexity index is 424. The fourth-order valence-electron chi connectivity index (χ4n) is 2.64. The first-order chi connectivity index (χ1) is 9.16. The van der Waals surface area contributed by atoms with Crippen LogP contribution in [0.2, 0.25) is 5.02 Å². The molecule has 1 aliphatic heterocycles. The molecule has 3 nitrogen and oxygen atoms in total. The van der Waals surface area contributed by atoms with Crippen molar-refractivity contribution in [3.8, 4) is 0 Å². The molecule has 1 saturated heterocycles. The lowest BCUT2D eigenvalue weighted by molar-refractivity contribution is -0.156. The second-order valence-corrected chi connectivity index (χ2v) is 5.52. The summed E-state index contributed by atoms with van der Waals surface area (Å²) in [6.45, 7) is 3.95. The molecule has 0 radical (unpaired) electrons. The number of esters is 1. The zero-order valence-electron chi connectivity index (χ0n) is 11.2. The molecular weight excluding hydrogens is 262 g/mol. The number of carbonyl (C=O) groups excluding carboxylic acids is 1. The molecule has 0 amide bonds. The van der Waals surface area contributed by atoms with Crippen LogP contribution in [0.25, 0.3) is 0 Å². The van der Waals surface area contributed by atoms with Crippen LogP contribution in [-0.4, -0.2) is 25.7 Å². The van der Waals surface area contributed by atoms with E-state index in [-0.39, 0.29) is 5.97 Å². The van der Waals surface area contributed by atoms with Crippen molar-refractivity contribution < 1.29 is 9.53 Å². The monoisotopic (exact) mass is 281 g/mol. The smallest absolute Gasteiger partial charge is 0.313 e. The predicted molar refractivity (Wildman–Crippen MR) is 76.3 cm³/mol. The summed E-state index contributed by atoms with van der Waals surface area (Å²) in [4.78, 5) is 12.3. The van der Waals surface area contributed by atoms with Crippen molar-refractivity contribution in [2.45, 2.75) is 26.2 Å². The van der Waals surface area contributed by atoms with Crippen LogP contribution < -0.4 is 5.32 Å². The molecule has 0 aliphatic carbocycles. The Balaban J connectivity index is 2.17. The van der Waals surface area contributed by atoms with Gasteiger partial charge in [-0.25, -0.2) is 0 Å². The maximum Gasteiger partial charge on any atom is 0.313 e. The van der Waals surface area contributed by atoms with Gasteiger partial charge in [0.15, 0.2) is 0 Å². The van der Waals surface area contributed by atoms with Gasteiger partial charge in [-0.1, -0.05) is 23.7 Å². The number of halogens is 1. The fourth-order valence-corrected chi connectivity index (χ4v) is 2.77. The molecule has 19 heavy (non-hydrogen) atoms. The Labute approximate surface area is 119 Å². The van der Waals surface area contributed by atoms with Crippen LogP contribution >= 0.6 is 11.6 Å². The Hall–Kier alpha value is -1.06. The Kier molecular flexibility index (Phi) is 4.83. The van der Waals surface area contributed by atoms with Crippen LogP contribution in [0.5, 0.6) is 0 Å². The maximum atomic E-state index is 12.3. The van der Waals surface area contributed by atoms with Crippen molar-refractivity contribution in [2.24, 2.45) is 5.41 Å². The third-order valence-electron chi connectivity index (χ3n) is 3.64. The van der Waals surface area contributed by atoms with Crippen molar-refractivity contribution in [1.29, 1.82) is 0 Å². The molecule has 0 saturated carbocycles. The van der Waals surface area contributed by atoms with Gasteiger partial charge in [0, 0.05) is 11.6 Å². The highest BCUT2D eigenvalue weighted by atomic mass is 35.5. The highest BCUT2D eigenvalue weighted by Crippen LogP contribution is 2.32. The van der Waals surface area contributed by atoms with Crippen LogP contribution in [0, 0.1) is 5.41 Å². The molecule has 1 aliphatic rings. The van der Waals surface area contributed by atoms with Crippen LogP contribution in [0.1, 0.15) is 25.3 Å². The number of hydrogen-bond acceptors (Lipinski definition) is 3. The molecule has 1 aromatic rings. The van der Waals surface area contributed by atoms with Crippen LogP contribution in [0.15, 0.2) is 24.3 Å². The molecule has 1 unspecified atom stereocenters. The normalized spacial score (nSPS) is 23.1. The lowest BCUT2D eigenvalue weighted by Crippen LogP contribution is -2.47. The summed E-state index contributed by atoms with van der Waals surface area (Å²) in [6.07, 6.45) is 2.59. The predicted octanol–water partition coefficient (Wildman–Crippen LogP) is 2.82. The van der Waals surface area contributed by atoms with E-state index in [1.165, 1.54) is 0 Å². The number of ether oxygens (including phenoxy) is 1. The summed E-state index contributed by atoms with van der Waals surface area (Å²) in [5, 5.41) is 4.04. The van der Waals surface area contributed by atoms with Gasteiger partial charge in [-0.05, 0) is 50.4 Å². The van der Waals surface area contributed by atoms with Gasteiger partial charge in [-0.3, -0.25) is 4.79 Å². The highest BCUT2D eigenvalue weighted by Gasteiger charge is 2.40. The highest BCUT2D eigenvalue weighted by molar-refractivity contribution is 6.30. The fraction of sp³-hybridized carbons (Fsp3) is 0.533. The van der Waals surface area contributed by atoms with E-state index in [1.807, 2.05) is 31.2 Å². The van der Waals surface area contributed by atoms with E-state index in [4.69, 9.17) is 16.3 Å². The summed E-state index contributed by atoms with van der Waals surface area (Å²) in [6, 6.07) is 7.70. The maximum absolute atomic E-state index is 12.3. The molecular formula is C15H20ClNO2. The largest absolute Gasteiger partial charge is 0.466 e. The standard InChI is InChI=1S/C15H20ClNO2/c1-2-19-14(18)15(8-3-9-17-11-15)10-12-4-6-13(16)7-5-12/h4-7,17H,2-3,8-11H2,1H3. The van der Waals surface area contributed by atoms with Gasteiger partial charge in [0.2, 0.25) is 0 Å². The molecule has 1 fully saturated rings. The Morgan fingerprint density at radius 3 is 2.74 bits per heavy atom. The van der Waals surface area contributed by atoms with Crippen molar-refractivity contribution >= 4 is 17.6 Å². The van der Waals surface area contributed by atoms with E-state index in [1.54, 1.807) is 0 Å². The van der Waals surface area contributed by atoms with Gasteiger partial charge < -0.3 is 10.1 Å². The van der Waals surface area contributed by atoms with E-state index in [9.17, 15) is 4.79 Å². The minimum Gasteiger partial charge on any atom is -0.466 e. The number of nitrogens with one attached hydrogen (secondary N) is 1. The summed E-state index contributed by atoms with van der Waals surface area (Å²) in [5.74, 6) is -0.0860. The zero-order chi connectivity index (χ0) is 13.7. The summed E-state index contributed by atoms with van der Waals surface area (Å²) in [7, 11) is 0. The molecule has 0 bridgehead atoms. The lowest BCUT2D eigenvalue weighted by Gasteiger charge is -2.35. The SMILES string of the molecule is CCOC(=O)C1(Cc2ccc(Cl)cc2)CCCNC1. The van der Waals surface area contributed by atoms with Crippen LogP contribution in [-0.2, 0) is 16.0 Å². The van der Waals surface area contributed by atoms with Crippen molar-refractivity contribution in [2.75, 3.05) is 19.7 Å². The average Bonchev–Trinajstić information content (AvgIpc) is 2.43. The van der Waals surface area contributed by atoms with Gasteiger partial charge in [0.1, 0.15) is 0 Å². The molecule has 4 heteroatoms. The molecule has 1 atom stereocenters. The van der Waals surface area contributed by atoms with E-state index in [0.29, 0.717) is 19.6 Å². The number of hydrogen-bond donors (Lipinski definition) is 1. The van der Waals surface area contributed by atoms with Crippen LogP contribution in [0.3, 0.4) is 0 Å². The van der Waals surface area contributed by atoms with Gasteiger partial charge in [0.25, 0.3) is 0 Å². The number of piperidine rings is 1. The molecule has 1 heterocycles. The molecule has 1 aromatic carbocycles. The topological polar surface area (TPSA) is 38.3 Å². The van der Waals surface area contributed by atoms with E-state index < -0.39 is 5.41 Å².